The third-order valence-electron chi connectivity index (χ3n) is 3.15. The summed E-state index contributed by atoms with van der Waals surface area (Å²) in [7, 11) is -1.38. The van der Waals surface area contributed by atoms with Gasteiger partial charge in [-0.05, 0) is 25.5 Å². The molecule has 134 valence electrons. The minimum Gasteiger partial charge on any atom is -0.356 e. The molecule has 1 rings (SSSR count). The van der Waals surface area contributed by atoms with Crippen molar-refractivity contribution in [2.24, 2.45) is 4.99 Å². The Morgan fingerprint density at radius 2 is 2.04 bits per heavy atom. The Bertz CT molecular complexity index is 587. The molecule has 0 amide bonds. The van der Waals surface area contributed by atoms with Crippen LogP contribution in [0, 0.1) is 6.92 Å². The molecule has 0 aliphatic heterocycles. The van der Waals surface area contributed by atoms with Crippen LogP contribution >= 0.6 is 35.3 Å². The number of rotatable bonds is 8. The maximum atomic E-state index is 11.5. The number of aliphatic imine (C=N–C) groups is 1. The van der Waals surface area contributed by atoms with E-state index in [0.717, 1.165) is 18.9 Å². The van der Waals surface area contributed by atoms with Crippen LogP contribution in [0.4, 0.5) is 0 Å². The summed E-state index contributed by atoms with van der Waals surface area (Å²) in [5.74, 6) is 0.730. The molecule has 0 unspecified atom stereocenters. The van der Waals surface area contributed by atoms with Crippen molar-refractivity contribution in [2.45, 2.75) is 26.8 Å². The maximum absolute atomic E-state index is 11.5. The van der Waals surface area contributed by atoms with Crippen LogP contribution in [0.2, 0.25) is 0 Å². The van der Waals surface area contributed by atoms with Gasteiger partial charge in [0.15, 0.2) is 5.96 Å². The molecule has 0 aliphatic rings. The Labute approximate surface area is 160 Å². The Morgan fingerprint density at radius 1 is 1.35 bits per heavy atom. The summed E-state index contributed by atoms with van der Waals surface area (Å²) in [6.45, 7) is 6.37. The average Bonchev–Trinajstić information content (AvgIpc) is 2.86. The molecule has 23 heavy (non-hydrogen) atoms. The van der Waals surface area contributed by atoms with Crippen molar-refractivity contribution >= 4 is 51.3 Å². The minimum atomic E-state index is -3.10. The summed E-state index contributed by atoms with van der Waals surface area (Å²) >= 11 is 1.76. The van der Waals surface area contributed by atoms with Gasteiger partial charge in [-0.1, -0.05) is 6.92 Å². The van der Waals surface area contributed by atoms with Crippen molar-refractivity contribution in [1.29, 1.82) is 0 Å². The predicted molar refractivity (Wildman–Crippen MR) is 109 cm³/mol. The van der Waals surface area contributed by atoms with Gasteiger partial charge in [0.05, 0.1) is 12.8 Å². The van der Waals surface area contributed by atoms with Gasteiger partial charge in [0.2, 0.25) is 10.0 Å². The van der Waals surface area contributed by atoms with Crippen LogP contribution in [0.5, 0.6) is 0 Å². The van der Waals surface area contributed by atoms with Gasteiger partial charge in [0.1, 0.15) is 0 Å². The lowest BCUT2D eigenvalue weighted by atomic mass is 10.4. The lowest BCUT2D eigenvalue weighted by Crippen LogP contribution is -2.39. The largest absolute Gasteiger partial charge is 0.356 e. The molecule has 1 aromatic rings. The molecule has 0 saturated carbocycles. The number of aryl methyl sites for hydroxylation is 1. The first-order chi connectivity index (χ1) is 10.4. The molecule has 0 fully saturated rings. The van der Waals surface area contributed by atoms with Gasteiger partial charge < -0.3 is 10.6 Å². The van der Waals surface area contributed by atoms with Crippen LogP contribution in [0.1, 0.15) is 23.1 Å². The van der Waals surface area contributed by atoms with Crippen LogP contribution in [0.25, 0.3) is 0 Å². The van der Waals surface area contributed by atoms with Crippen molar-refractivity contribution in [1.82, 2.24) is 14.9 Å². The molecular weight excluding hydrogens is 447 g/mol. The molecule has 1 heterocycles. The third-order valence-corrected chi connectivity index (χ3v) is 5.53. The summed E-state index contributed by atoms with van der Waals surface area (Å²) in [4.78, 5) is 6.71. The van der Waals surface area contributed by atoms with Gasteiger partial charge >= 0.3 is 0 Å². The lowest BCUT2D eigenvalue weighted by Gasteiger charge is -2.18. The highest BCUT2D eigenvalue weighted by atomic mass is 127. The van der Waals surface area contributed by atoms with E-state index in [9.17, 15) is 8.42 Å². The van der Waals surface area contributed by atoms with Crippen molar-refractivity contribution in [3.05, 3.63) is 21.9 Å². The third kappa shape index (κ3) is 8.87. The number of nitrogens with zero attached hydrogens (tertiary/aromatic N) is 2. The maximum Gasteiger partial charge on any atom is 0.211 e. The first-order valence-electron chi connectivity index (χ1n) is 7.31. The molecule has 0 spiro atoms. The zero-order valence-electron chi connectivity index (χ0n) is 14.1. The van der Waals surface area contributed by atoms with E-state index in [4.69, 9.17) is 0 Å². The zero-order valence-corrected chi connectivity index (χ0v) is 18.1. The molecule has 0 bridgehead atoms. The quantitative estimate of drug-likeness (QED) is 0.262. The smallest absolute Gasteiger partial charge is 0.211 e. The molecule has 9 heteroatoms. The van der Waals surface area contributed by atoms with Gasteiger partial charge in [0.25, 0.3) is 0 Å². The standard InChI is InChI=1S/C14H26N4O2S2.HI/c1-5-18(22(4,19)20)10-6-9-16-14(15-3)17-11-13-8-7-12(2)21-13;/h7-8H,5-6,9-11H2,1-4H3,(H2,15,16,17);1H. The topological polar surface area (TPSA) is 73.8 Å². The van der Waals surface area contributed by atoms with Gasteiger partial charge in [0, 0.05) is 36.4 Å². The first kappa shape index (κ1) is 22.6. The molecule has 0 aromatic carbocycles. The van der Waals surface area contributed by atoms with Gasteiger partial charge in [-0.15, -0.1) is 35.3 Å². The van der Waals surface area contributed by atoms with E-state index in [1.54, 1.807) is 18.4 Å². The van der Waals surface area contributed by atoms with Crippen molar-refractivity contribution in [3.8, 4) is 0 Å². The number of thiophene rings is 1. The van der Waals surface area contributed by atoms with E-state index >= 15 is 0 Å². The van der Waals surface area contributed by atoms with Crippen LogP contribution in [0.15, 0.2) is 17.1 Å². The SMILES string of the molecule is CCN(CCCNC(=NC)NCc1ccc(C)s1)S(C)(=O)=O.I. The Balaban J connectivity index is 0.00000484. The average molecular weight is 474 g/mol. The van der Waals surface area contributed by atoms with Crippen molar-refractivity contribution < 1.29 is 8.42 Å². The fraction of sp³-hybridized carbons (Fsp3) is 0.643. The molecular formula is C14H27IN4O2S2. The summed E-state index contributed by atoms with van der Waals surface area (Å²) in [6, 6.07) is 4.20. The highest BCUT2D eigenvalue weighted by Gasteiger charge is 2.13. The van der Waals surface area contributed by atoms with E-state index in [-0.39, 0.29) is 24.0 Å². The summed E-state index contributed by atoms with van der Waals surface area (Å²) in [6.07, 6.45) is 1.98. The summed E-state index contributed by atoms with van der Waals surface area (Å²) in [5.41, 5.74) is 0. The lowest BCUT2D eigenvalue weighted by molar-refractivity contribution is 0.424. The highest BCUT2D eigenvalue weighted by Crippen LogP contribution is 2.14. The van der Waals surface area contributed by atoms with Gasteiger partial charge in [-0.2, -0.15) is 0 Å². The number of nitrogens with one attached hydrogen (secondary N) is 2. The van der Waals surface area contributed by atoms with Gasteiger partial charge in [-0.25, -0.2) is 12.7 Å². The zero-order chi connectivity index (χ0) is 16.6. The molecule has 0 atom stereocenters. The van der Waals surface area contributed by atoms with E-state index in [1.807, 2.05) is 6.92 Å². The monoisotopic (exact) mass is 474 g/mol. The Morgan fingerprint density at radius 3 is 2.52 bits per heavy atom. The molecule has 1 aromatic heterocycles. The molecule has 0 radical (unpaired) electrons. The second-order valence-corrected chi connectivity index (χ2v) is 8.33. The van der Waals surface area contributed by atoms with E-state index in [0.29, 0.717) is 19.6 Å². The van der Waals surface area contributed by atoms with Crippen LogP contribution < -0.4 is 10.6 Å². The van der Waals surface area contributed by atoms with E-state index in [2.05, 4.69) is 34.7 Å². The minimum absolute atomic E-state index is 0. The van der Waals surface area contributed by atoms with Crippen LogP contribution in [0.3, 0.4) is 0 Å². The number of hydrogen-bond donors (Lipinski definition) is 2. The van der Waals surface area contributed by atoms with Crippen LogP contribution in [-0.2, 0) is 16.6 Å². The summed E-state index contributed by atoms with van der Waals surface area (Å²) < 4.78 is 24.4. The summed E-state index contributed by atoms with van der Waals surface area (Å²) in [5, 5.41) is 6.45. The van der Waals surface area contributed by atoms with Crippen molar-refractivity contribution in [3.63, 3.8) is 0 Å². The van der Waals surface area contributed by atoms with Crippen molar-refractivity contribution in [2.75, 3.05) is 32.9 Å². The molecule has 0 aliphatic carbocycles. The number of guanidine groups is 1. The first-order valence-corrected chi connectivity index (χ1v) is 9.98. The second-order valence-electron chi connectivity index (χ2n) is 4.97. The molecule has 0 saturated heterocycles. The fourth-order valence-electron chi connectivity index (χ4n) is 1.99. The van der Waals surface area contributed by atoms with E-state index < -0.39 is 10.0 Å². The van der Waals surface area contributed by atoms with E-state index in [1.165, 1.54) is 20.3 Å². The Kier molecular flexibility index (Phi) is 11.0. The number of halogens is 1. The Hall–Kier alpha value is -0.390. The normalized spacial score (nSPS) is 12.1. The molecule has 2 N–H and O–H groups in total. The fourth-order valence-corrected chi connectivity index (χ4v) is 3.75. The predicted octanol–water partition coefficient (Wildman–Crippen LogP) is 2.01. The second kappa shape index (κ2) is 11.2. The highest BCUT2D eigenvalue weighted by molar-refractivity contribution is 14.0. The number of sulfonamides is 1. The molecule has 6 nitrogen and oxygen atoms in total. The number of hydrogen-bond acceptors (Lipinski definition) is 4. The van der Waals surface area contributed by atoms with Crippen LogP contribution in [-0.4, -0.2) is 51.6 Å². The van der Waals surface area contributed by atoms with Gasteiger partial charge in [-0.3, -0.25) is 4.99 Å².